The smallest absolute Gasteiger partial charge is 0.261 e. The van der Waals surface area contributed by atoms with Gasteiger partial charge in [0.25, 0.3) is 5.91 Å². The molecule has 1 aliphatic heterocycles. The zero-order valence-electron chi connectivity index (χ0n) is 21.8. The molecule has 0 aliphatic carbocycles. The van der Waals surface area contributed by atoms with Crippen molar-refractivity contribution in [3.05, 3.63) is 78.4 Å². The van der Waals surface area contributed by atoms with Crippen LogP contribution in [0.5, 0.6) is 11.5 Å². The van der Waals surface area contributed by atoms with Crippen LogP contribution in [-0.2, 0) is 10.3 Å². The number of nitrogens with two attached hydrogens (primary N) is 1. The maximum absolute atomic E-state index is 13.2. The number of carbonyl (C=O) groups is 1. The summed E-state index contributed by atoms with van der Waals surface area (Å²) in [5.41, 5.74) is 6.86. The Hall–Kier alpha value is -3.94. The van der Waals surface area contributed by atoms with Crippen LogP contribution in [0, 0.1) is 5.95 Å². The number of guanidine groups is 1. The average molecular weight is 495 g/mol. The SMILES string of the molecule is CC.CCOc1ccc([C@@]2(C)N=C(N)N(C)C2=O)cc1OCC.Fc1ncccc1-c1ccccc1. The molecule has 1 aromatic heterocycles. The van der Waals surface area contributed by atoms with Crippen LogP contribution in [0.4, 0.5) is 4.39 Å². The van der Waals surface area contributed by atoms with E-state index in [1.807, 2.05) is 64.1 Å². The molecule has 0 spiro atoms. The molecule has 0 saturated carbocycles. The number of aliphatic imine (C=N–C) groups is 1. The fourth-order valence-corrected chi connectivity index (χ4v) is 3.54. The first-order chi connectivity index (χ1) is 17.3. The Bertz CT molecular complexity index is 1170. The molecule has 1 atom stereocenters. The number of halogens is 1. The van der Waals surface area contributed by atoms with Crippen molar-refractivity contribution in [2.24, 2.45) is 10.7 Å². The van der Waals surface area contributed by atoms with Gasteiger partial charge in [-0.3, -0.25) is 9.69 Å². The normalized spacial score (nSPS) is 16.2. The first-order valence-corrected chi connectivity index (χ1v) is 12.0. The number of rotatable bonds is 6. The molecule has 0 unspecified atom stereocenters. The summed E-state index contributed by atoms with van der Waals surface area (Å²) in [6, 6.07) is 18.2. The maximum atomic E-state index is 13.2. The van der Waals surface area contributed by atoms with Crippen LogP contribution in [0.2, 0.25) is 0 Å². The number of likely N-dealkylation sites (N-methyl/N-ethyl adjacent to an activating group) is 1. The lowest BCUT2D eigenvalue weighted by atomic mass is 9.92. The molecule has 1 amide bonds. The van der Waals surface area contributed by atoms with Gasteiger partial charge in [0.1, 0.15) is 0 Å². The molecule has 0 fully saturated rings. The molecular weight excluding hydrogens is 459 g/mol. The van der Waals surface area contributed by atoms with E-state index < -0.39 is 11.5 Å². The predicted octanol–water partition coefficient (Wildman–Crippen LogP) is 5.40. The second kappa shape index (κ2) is 13.2. The van der Waals surface area contributed by atoms with E-state index in [9.17, 15) is 9.18 Å². The summed E-state index contributed by atoms with van der Waals surface area (Å²) in [6.45, 7) is 10.6. The first kappa shape index (κ1) is 28.3. The Morgan fingerprint density at radius 3 is 2.17 bits per heavy atom. The van der Waals surface area contributed by atoms with Gasteiger partial charge in [-0.05, 0) is 56.2 Å². The first-order valence-electron chi connectivity index (χ1n) is 12.0. The third-order valence-electron chi connectivity index (χ3n) is 5.35. The molecule has 4 rings (SSSR count). The van der Waals surface area contributed by atoms with Gasteiger partial charge >= 0.3 is 0 Å². The van der Waals surface area contributed by atoms with Crippen molar-refractivity contribution in [3.8, 4) is 22.6 Å². The van der Waals surface area contributed by atoms with E-state index in [0.717, 1.165) is 11.1 Å². The van der Waals surface area contributed by atoms with Crippen LogP contribution in [-0.4, -0.2) is 42.0 Å². The number of hydrogen-bond donors (Lipinski definition) is 1. The molecule has 0 radical (unpaired) electrons. The topological polar surface area (TPSA) is 90.0 Å². The van der Waals surface area contributed by atoms with Crippen LogP contribution in [0.25, 0.3) is 11.1 Å². The number of amides is 1. The Kier molecular flexibility index (Phi) is 10.4. The van der Waals surface area contributed by atoms with E-state index in [0.29, 0.717) is 30.3 Å². The number of nitrogens with zero attached hydrogens (tertiary/aromatic N) is 3. The highest BCUT2D eigenvalue weighted by molar-refractivity contribution is 6.06. The minimum Gasteiger partial charge on any atom is -0.490 e. The molecular formula is C28H35FN4O3. The van der Waals surface area contributed by atoms with Gasteiger partial charge < -0.3 is 15.2 Å². The maximum Gasteiger partial charge on any atom is 0.261 e. The van der Waals surface area contributed by atoms with Crippen LogP contribution in [0.3, 0.4) is 0 Å². The molecule has 2 N–H and O–H groups in total. The van der Waals surface area contributed by atoms with E-state index in [1.165, 1.54) is 11.1 Å². The predicted molar refractivity (Wildman–Crippen MR) is 142 cm³/mol. The molecule has 36 heavy (non-hydrogen) atoms. The van der Waals surface area contributed by atoms with Crippen molar-refractivity contribution < 1.29 is 18.7 Å². The average Bonchev–Trinajstić information content (AvgIpc) is 3.10. The standard InChI is InChI=1S/C15H21N3O3.C11H8FN.C2H6/c1-5-20-11-8-7-10(9-12(11)21-6-2)15(3)13(19)18(4)14(16)17-15;12-11-10(7-4-8-13-11)9-5-2-1-3-6-9;1-2/h7-9H,5-6H2,1-4H3,(H2,16,17);1-8H;1-2H3/t15-;;/m1../s1. The van der Waals surface area contributed by atoms with Gasteiger partial charge in [0, 0.05) is 18.8 Å². The molecule has 2 heterocycles. The molecule has 8 heteroatoms. The summed E-state index contributed by atoms with van der Waals surface area (Å²) in [5.74, 6) is 0.895. The molecule has 192 valence electrons. The van der Waals surface area contributed by atoms with Crippen molar-refractivity contribution >= 4 is 11.9 Å². The summed E-state index contributed by atoms with van der Waals surface area (Å²) < 4.78 is 24.3. The Balaban J connectivity index is 0.000000260. The fourth-order valence-electron chi connectivity index (χ4n) is 3.54. The van der Waals surface area contributed by atoms with Crippen molar-refractivity contribution in [1.82, 2.24) is 9.88 Å². The Morgan fingerprint density at radius 2 is 1.61 bits per heavy atom. The lowest BCUT2D eigenvalue weighted by Crippen LogP contribution is -2.38. The second-order valence-corrected chi connectivity index (χ2v) is 7.64. The summed E-state index contributed by atoms with van der Waals surface area (Å²) >= 11 is 0. The largest absolute Gasteiger partial charge is 0.490 e. The van der Waals surface area contributed by atoms with E-state index in [2.05, 4.69) is 9.98 Å². The highest BCUT2D eigenvalue weighted by Crippen LogP contribution is 2.37. The van der Waals surface area contributed by atoms with Crippen molar-refractivity contribution in [3.63, 3.8) is 0 Å². The van der Waals surface area contributed by atoms with E-state index in [4.69, 9.17) is 15.2 Å². The van der Waals surface area contributed by atoms with Gasteiger partial charge in [-0.25, -0.2) is 9.98 Å². The molecule has 0 bridgehead atoms. The van der Waals surface area contributed by atoms with Crippen LogP contribution < -0.4 is 15.2 Å². The van der Waals surface area contributed by atoms with Crippen molar-refractivity contribution in [1.29, 1.82) is 0 Å². The summed E-state index contributed by atoms with van der Waals surface area (Å²) in [6.07, 6.45) is 1.45. The van der Waals surface area contributed by atoms with Gasteiger partial charge in [-0.2, -0.15) is 4.39 Å². The summed E-state index contributed by atoms with van der Waals surface area (Å²) in [7, 11) is 1.62. The molecule has 2 aromatic carbocycles. The zero-order valence-corrected chi connectivity index (χ0v) is 21.8. The van der Waals surface area contributed by atoms with Gasteiger partial charge in [0.05, 0.1) is 13.2 Å². The third kappa shape index (κ3) is 6.38. The van der Waals surface area contributed by atoms with Gasteiger partial charge in [-0.1, -0.05) is 50.2 Å². The molecule has 1 aliphatic rings. The zero-order chi connectivity index (χ0) is 26.7. The summed E-state index contributed by atoms with van der Waals surface area (Å²) in [4.78, 5) is 21.6. The third-order valence-corrected chi connectivity index (χ3v) is 5.35. The van der Waals surface area contributed by atoms with Crippen LogP contribution >= 0.6 is 0 Å². The second-order valence-electron chi connectivity index (χ2n) is 7.64. The summed E-state index contributed by atoms with van der Waals surface area (Å²) in [5, 5.41) is 0. The van der Waals surface area contributed by atoms with E-state index >= 15 is 0 Å². The number of hydrogen-bond acceptors (Lipinski definition) is 6. The molecule has 0 saturated heterocycles. The number of ether oxygens (including phenoxy) is 2. The highest BCUT2D eigenvalue weighted by Gasteiger charge is 2.44. The fraction of sp³-hybridized carbons (Fsp3) is 0.321. The number of carbonyl (C=O) groups excluding carboxylic acids is 1. The number of benzene rings is 2. The monoisotopic (exact) mass is 494 g/mol. The van der Waals surface area contributed by atoms with Gasteiger partial charge in [-0.15, -0.1) is 0 Å². The lowest BCUT2D eigenvalue weighted by molar-refractivity contribution is -0.130. The minimum absolute atomic E-state index is 0.161. The highest BCUT2D eigenvalue weighted by atomic mass is 19.1. The Morgan fingerprint density at radius 1 is 0.972 bits per heavy atom. The number of pyridine rings is 1. The van der Waals surface area contributed by atoms with E-state index in [1.54, 1.807) is 38.2 Å². The number of aromatic nitrogens is 1. The van der Waals surface area contributed by atoms with Crippen molar-refractivity contribution in [2.75, 3.05) is 20.3 Å². The quantitative estimate of drug-likeness (QED) is 0.464. The van der Waals surface area contributed by atoms with Crippen LogP contribution in [0.15, 0.2) is 71.9 Å². The molecule has 3 aromatic rings. The molecule has 7 nitrogen and oxygen atoms in total. The minimum atomic E-state index is -1.02. The van der Waals surface area contributed by atoms with E-state index in [-0.39, 0.29) is 11.9 Å². The van der Waals surface area contributed by atoms with Gasteiger partial charge in [0.15, 0.2) is 23.0 Å². The van der Waals surface area contributed by atoms with Crippen molar-refractivity contribution in [2.45, 2.75) is 40.2 Å². The lowest BCUT2D eigenvalue weighted by Gasteiger charge is -2.22. The van der Waals surface area contributed by atoms with Gasteiger partial charge in [0.2, 0.25) is 5.95 Å². The van der Waals surface area contributed by atoms with Crippen LogP contribution in [0.1, 0.15) is 40.2 Å². The Labute approximate surface area is 212 Å².